The van der Waals surface area contributed by atoms with E-state index in [-0.39, 0.29) is 0 Å². The van der Waals surface area contributed by atoms with Gasteiger partial charge in [-0.15, -0.1) is 0 Å². The lowest BCUT2D eigenvalue weighted by Gasteiger charge is -2.60. The molecule has 102 valence electrons. The van der Waals surface area contributed by atoms with Gasteiger partial charge in [-0.3, -0.25) is 0 Å². The smallest absolute Gasteiger partial charge is 0.0509 e. The molecule has 5 aliphatic rings. The van der Waals surface area contributed by atoms with E-state index in [1.807, 2.05) is 0 Å². The first-order chi connectivity index (χ1) is 8.75. The predicted octanol–water partition coefficient (Wildman–Crippen LogP) is 2.96. The minimum absolute atomic E-state index is 0.422. The summed E-state index contributed by atoms with van der Waals surface area (Å²) in [7, 11) is 0. The molecule has 2 unspecified atom stereocenters. The van der Waals surface area contributed by atoms with Gasteiger partial charge in [0, 0.05) is 12.6 Å². The Kier molecular flexibility index (Phi) is 2.74. The molecule has 5 fully saturated rings. The van der Waals surface area contributed by atoms with E-state index in [4.69, 9.17) is 10.5 Å². The lowest BCUT2D eigenvalue weighted by molar-refractivity contribution is -0.0900. The maximum Gasteiger partial charge on any atom is 0.0509 e. The molecule has 4 saturated carbocycles. The zero-order chi connectivity index (χ0) is 12.2. The number of rotatable bonds is 2. The van der Waals surface area contributed by atoms with Crippen molar-refractivity contribution in [3.63, 3.8) is 0 Å². The van der Waals surface area contributed by atoms with Crippen molar-refractivity contribution in [1.82, 2.24) is 0 Å². The van der Waals surface area contributed by atoms with Gasteiger partial charge in [-0.1, -0.05) is 0 Å². The molecule has 0 radical (unpaired) electrons. The molecule has 0 spiro atoms. The van der Waals surface area contributed by atoms with E-state index in [1.165, 1.54) is 51.4 Å². The molecule has 0 amide bonds. The number of ether oxygens (including phenoxy) is 1. The standard InChI is InChI=1S/C16H27NO/c17-15(14-2-1-3-18-10-14)16-7-11-4-12(8-16)6-13(5-11)9-16/h11-15H,1-10,17H2. The van der Waals surface area contributed by atoms with Gasteiger partial charge in [-0.2, -0.15) is 0 Å². The second kappa shape index (κ2) is 4.21. The first kappa shape index (κ1) is 11.7. The lowest BCUT2D eigenvalue weighted by Crippen LogP contribution is -2.57. The van der Waals surface area contributed by atoms with Crippen LogP contribution >= 0.6 is 0 Å². The molecule has 4 aliphatic carbocycles. The largest absolute Gasteiger partial charge is 0.381 e. The molecule has 0 aromatic heterocycles. The summed E-state index contributed by atoms with van der Waals surface area (Å²) in [5.41, 5.74) is 7.28. The van der Waals surface area contributed by atoms with Gasteiger partial charge in [0.05, 0.1) is 6.61 Å². The third-order valence-electron chi connectivity index (χ3n) is 6.50. The van der Waals surface area contributed by atoms with Crippen LogP contribution in [0.1, 0.15) is 51.4 Å². The Morgan fingerprint density at radius 2 is 1.61 bits per heavy atom. The van der Waals surface area contributed by atoms with Crippen molar-refractivity contribution in [1.29, 1.82) is 0 Å². The zero-order valence-electron chi connectivity index (χ0n) is 11.4. The minimum Gasteiger partial charge on any atom is -0.381 e. The zero-order valence-corrected chi connectivity index (χ0v) is 11.4. The van der Waals surface area contributed by atoms with Gasteiger partial charge in [0.15, 0.2) is 0 Å². The van der Waals surface area contributed by atoms with Crippen molar-refractivity contribution in [3.05, 3.63) is 0 Å². The molecule has 5 rings (SSSR count). The molecule has 2 heteroatoms. The second-order valence-corrected chi connectivity index (χ2v) is 7.78. The first-order valence-corrected chi connectivity index (χ1v) is 8.08. The molecular formula is C16H27NO. The molecule has 1 heterocycles. The Bertz CT molecular complexity index is 286. The van der Waals surface area contributed by atoms with E-state index in [2.05, 4.69) is 0 Å². The van der Waals surface area contributed by atoms with E-state index in [9.17, 15) is 0 Å². The van der Waals surface area contributed by atoms with Crippen molar-refractivity contribution in [2.75, 3.05) is 13.2 Å². The van der Waals surface area contributed by atoms with Crippen LogP contribution in [0.5, 0.6) is 0 Å². The van der Waals surface area contributed by atoms with Crippen molar-refractivity contribution in [2.45, 2.75) is 57.4 Å². The predicted molar refractivity (Wildman–Crippen MR) is 72.1 cm³/mol. The fourth-order valence-electron chi connectivity index (χ4n) is 6.13. The minimum atomic E-state index is 0.422. The van der Waals surface area contributed by atoms with Gasteiger partial charge in [0.25, 0.3) is 0 Å². The highest BCUT2D eigenvalue weighted by Gasteiger charge is 2.54. The summed E-state index contributed by atoms with van der Waals surface area (Å²) in [6.45, 7) is 1.90. The summed E-state index contributed by atoms with van der Waals surface area (Å²) in [4.78, 5) is 0. The van der Waals surface area contributed by atoms with E-state index >= 15 is 0 Å². The van der Waals surface area contributed by atoms with Gasteiger partial charge in [-0.05, 0) is 80.5 Å². The van der Waals surface area contributed by atoms with Crippen molar-refractivity contribution >= 4 is 0 Å². The van der Waals surface area contributed by atoms with Crippen molar-refractivity contribution in [3.8, 4) is 0 Å². The van der Waals surface area contributed by atoms with Crippen LogP contribution < -0.4 is 5.73 Å². The molecule has 1 aliphatic heterocycles. The van der Waals surface area contributed by atoms with E-state index in [0.717, 1.165) is 31.0 Å². The lowest BCUT2D eigenvalue weighted by atomic mass is 9.46. The highest BCUT2D eigenvalue weighted by atomic mass is 16.5. The second-order valence-electron chi connectivity index (χ2n) is 7.78. The molecule has 0 aromatic carbocycles. The highest BCUT2D eigenvalue weighted by molar-refractivity contribution is 5.06. The highest BCUT2D eigenvalue weighted by Crippen LogP contribution is 2.61. The molecular weight excluding hydrogens is 222 g/mol. The maximum atomic E-state index is 6.77. The average molecular weight is 249 g/mol. The normalized spacial score (nSPS) is 52.5. The summed E-state index contributed by atoms with van der Waals surface area (Å²) in [6, 6.07) is 0.422. The molecule has 0 aromatic rings. The Balaban J connectivity index is 1.55. The van der Waals surface area contributed by atoms with Gasteiger partial charge in [-0.25, -0.2) is 0 Å². The first-order valence-electron chi connectivity index (χ1n) is 8.08. The van der Waals surface area contributed by atoms with Crippen LogP contribution in [0.15, 0.2) is 0 Å². The van der Waals surface area contributed by atoms with Crippen molar-refractivity contribution in [2.24, 2.45) is 34.8 Å². The third kappa shape index (κ3) is 1.76. The van der Waals surface area contributed by atoms with E-state index < -0.39 is 0 Å². The van der Waals surface area contributed by atoms with E-state index in [1.54, 1.807) is 0 Å². The quantitative estimate of drug-likeness (QED) is 0.816. The van der Waals surface area contributed by atoms with Crippen molar-refractivity contribution < 1.29 is 4.74 Å². The van der Waals surface area contributed by atoms with Crippen LogP contribution in [0.2, 0.25) is 0 Å². The summed E-state index contributed by atoms with van der Waals surface area (Å²) in [5.74, 6) is 3.71. The van der Waals surface area contributed by atoms with Gasteiger partial charge >= 0.3 is 0 Å². The topological polar surface area (TPSA) is 35.2 Å². The Labute approximate surface area is 111 Å². The third-order valence-corrected chi connectivity index (χ3v) is 6.50. The Hall–Kier alpha value is -0.0800. The van der Waals surface area contributed by atoms with Gasteiger partial charge in [0.1, 0.15) is 0 Å². The molecule has 18 heavy (non-hydrogen) atoms. The van der Waals surface area contributed by atoms with Crippen LogP contribution in [-0.4, -0.2) is 19.3 Å². The van der Waals surface area contributed by atoms with Crippen LogP contribution in [0, 0.1) is 29.1 Å². The van der Waals surface area contributed by atoms with Crippen LogP contribution in [-0.2, 0) is 4.74 Å². The van der Waals surface area contributed by atoms with E-state index in [0.29, 0.717) is 17.4 Å². The molecule has 4 bridgehead atoms. The summed E-state index contributed by atoms with van der Waals surface area (Å²) in [5, 5.41) is 0. The Morgan fingerprint density at radius 1 is 1.00 bits per heavy atom. The van der Waals surface area contributed by atoms with Crippen LogP contribution in [0.3, 0.4) is 0 Å². The van der Waals surface area contributed by atoms with Crippen LogP contribution in [0.4, 0.5) is 0 Å². The number of hydrogen-bond acceptors (Lipinski definition) is 2. The summed E-state index contributed by atoms with van der Waals surface area (Å²) >= 11 is 0. The fraction of sp³-hybridized carbons (Fsp3) is 1.00. The molecule has 2 N–H and O–H groups in total. The van der Waals surface area contributed by atoms with Gasteiger partial charge in [0.2, 0.25) is 0 Å². The fourth-order valence-corrected chi connectivity index (χ4v) is 6.13. The monoisotopic (exact) mass is 249 g/mol. The molecule has 2 nitrogen and oxygen atoms in total. The SMILES string of the molecule is NC(C1CCCOC1)C12CC3CC(CC(C3)C1)C2. The van der Waals surface area contributed by atoms with Gasteiger partial charge < -0.3 is 10.5 Å². The summed E-state index contributed by atoms with van der Waals surface area (Å²) in [6.07, 6.45) is 11.4. The number of hydrogen-bond donors (Lipinski definition) is 1. The number of nitrogens with two attached hydrogens (primary N) is 1. The average Bonchev–Trinajstić information content (AvgIpc) is 2.37. The molecule has 1 saturated heterocycles. The molecule has 2 atom stereocenters. The maximum absolute atomic E-state index is 6.77. The van der Waals surface area contributed by atoms with Crippen LogP contribution in [0.25, 0.3) is 0 Å². The summed E-state index contributed by atoms with van der Waals surface area (Å²) < 4.78 is 5.69. The Morgan fingerprint density at radius 3 is 2.11 bits per heavy atom.